The first-order valence-corrected chi connectivity index (χ1v) is 10.0. The van der Waals surface area contributed by atoms with E-state index >= 15 is 0 Å². The Morgan fingerprint density at radius 2 is 1.96 bits per heavy atom. The van der Waals surface area contributed by atoms with Gasteiger partial charge in [0.25, 0.3) is 0 Å². The number of hydrogen-bond acceptors (Lipinski definition) is 6. The number of rotatable bonds is 2. The van der Waals surface area contributed by atoms with Crippen LogP contribution in [0.15, 0.2) is 24.3 Å². The van der Waals surface area contributed by atoms with Crippen LogP contribution in [0.1, 0.15) is 26.7 Å². The number of allylic oxidation sites excluding steroid dienone is 2. The summed E-state index contributed by atoms with van der Waals surface area (Å²) in [5.74, 6) is -2.67. The van der Waals surface area contributed by atoms with E-state index in [1.54, 1.807) is 13.2 Å². The summed E-state index contributed by atoms with van der Waals surface area (Å²) in [6.07, 6.45) is 3.24. The molecule has 8 atom stereocenters. The van der Waals surface area contributed by atoms with Crippen molar-refractivity contribution < 1.29 is 28.9 Å². The molecule has 6 heteroatoms. The second-order valence-corrected chi connectivity index (χ2v) is 9.76. The van der Waals surface area contributed by atoms with Crippen molar-refractivity contribution in [3.05, 3.63) is 24.3 Å². The maximum absolute atomic E-state index is 13.8. The first kappa shape index (κ1) is 18.7. The third-order valence-electron chi connectivity index (χ3n) is 8.71. The number of ether oxygens (including phenoxy) is 3. The average Bonchev–Trinajstić information content (AvgIpc) is 2.80. The summed E-state index contributed by atoms with van der Waals surface area (Å²) in [5.41, 5.74) is -2.18. The molecule has 6 rings (SSSR count). The minimum Gasteiger partial charge on any atom is -0.387 e. The largest absolute Gasteiger partial charge is 0.387 e. The third-order valence-corrected chi connectivity index (χ3v) is 8.71. The number of Topliss-reactive ketones (excluding diaryl/α,β-unsaturated/α-hetero) is 1. The van der Waals surface area contributed by atoms with Crippen LogP contribution in [0.2, 0.25) is 0 Å². The second kappa shape index (κ2) is 5.22. The highest BCUT2D eigenvalue weighted by Crippen LogP contribution is 2.76. The number of methoxy groups -OCH3 is 2. The highest BCUT2D eigenvalue weighted by Gasteiger charge is 2.87. The summed E-state index contributed by atoms with van der Waals surface area (Å²) in [6, 6.07) is 0. The van der Waals surface area contributed by atoms with Gasteiger partial charge in [0.15, 0.2) is 11.6 Å². The maximum atomic E-state index is 13.8. The van der Waals surface area contributed by atoms with E-state index < -0.39 is 40.2 Å². The van der Waals surface area contributed by atoms with E-state index in [2.05, 4.69) is 6.58 Å². The predicted octanol–water partition coefficient (Wildman–Crippen LogP) is 1.67. The summed E-state index contributed by atoms with van der Waals surface area (Å²) in [5, 5.41) is 11.7. The molecule has 0 radical (unpaired) electrons. The van der Waals surface area contributed by atoms with E-state index in [0.29, 0.717) is 12.0 Å². The Morgan fingerprint density at radius 1 is 1.25 bits per heavy atom. The lowest BCUT2D eigenvalue weighted by atomic mass is 9.37. The van der Waals surface area contributed by atoms with E-state index in [1.807, 2.05) is 19.9 Å². The van der Waals surface area contributed by atoms with Crippen molar-refractivity contribution >= 4 is 11.6 Å². The van der Waals surface area contributed by atoms with Crippen LogP contribution in [0.5, 0.6) is 0 Å². The molecule has 6 nitrogen and oxygen atoms in total. The number of carbonyl (C=O) groups excluding carboxylic acids is 2. The molecule has 0 aromatic rings. The zero-order chi connectivity index (χ0) is 20.3. The Bertz CT molecular complexity index is 829. The Morgan fingerprint density at radius 3 is 2.61 bits per heavy atom. The van der Waals surface area contributed by atoms with Crippen molar-refractivity contribution in [3.63, 3.8) is 0 Å². The smallest absolute Gasteiger partial charge is 0.210 e. The minimum absolute atomic E-state index is 0.0664. The number of aliphatic hydroxyl groups excluding tert-OH is 1. The molecular formula is C22H28O6. The van der Waals surface area contributed by atoms with Gasteiger partial charge in [-0.25, -0.2) is 0 Å². The first-order chi connectivity index (χ1) is 13.2. The normalized spacial score (nSPS) is 53.3. The Balaban J connectivity index is 1.87. The van der Waals surface area contributed by atoms with Gasteiger partial charge in [0.05, 0.1) is 18.1 Å². The SMILES string of the molecule is C=C1C(=O)[C@]23[C@H](OC)[C@H]1CC[C@H]2[C@@]12CO[C@@]3(OC)[C@@H](O)[C@@H]1C(C)(C)C=CC2=O. The quantitative estimate of drug-likeness (QED) is 0.725. The van der Waals surface area contributed by atoms with Gasteiger partial charge in [-0.15, -0.1) is 0 Å². The second-order valence-electron chi connectivity index (χ2n) is 9.76. The molecule has 5 fully saturated rings. The molecule has 2 heterocycles. The molecule has 3 saturated carbocycles. The van der Waals surface area contributed by atoms with E-state index in [1.165, 1.54) is 7.11 Å². The van der Waals surface area contributed by atoms with Crippen molar-refractivity contribution in [3.8, 4) is 0 Å². The average molecular weight is 388 g/mol. The van der Waals surface area contributed by atoms with Gasteiger partial charge in [0, 0.05) is 26.1 Å². The molecule has 2 aliphatic heterocycles. The van der Waals surface area contributed by atoms with Gasteiger partial charge in [0.1, 0.15) is 11.5 Å². The summed E-state index contributed by atoms with van der Waals surface area (Å²) in [7, 11) is 3.05. The lowest BCUT2D eigenvalue weighted by Crippen LogP contribution is -2.85. The van der Waals surface area contributed by atoms with Crippen LogP contribution in [-0.2, 0) is 23.8 Å². The molecule has 6 aliphatic rings. The van der Waals surface area contributed by atoms with Gasteiger partial charge in [0.2, 0.25) is 5.79 Å². The zero-order valence-electron chi connectivity index (χ0n) is 16.9. The van der Waals surface area contributed by atoms with Crippen LogP contribution >= 0.6 is 0 Å². The topological polar surface area (TPSA) is 82.1 Å². The number of ketones is 2. The van der Waals surface area contributed by atoms with Gasteiger partial charge in [-0.05, 0) is 35.8 Å². The van der Waals surface area contributed by atoms with E-state index in [4.69, 9.17) is 14.2 Å². The highest BCUT2D eigenvalue weighted by atomic mass is 16.7. The fraction of sp³-hybridized carbons (Fsp3) is 0.727. The Labute approximate surface area is 164 Å². The number of aliphatic hydroxyl groups is 1. The third kappa shape index (κ3) is 1.54. The summed E-state index contributed by atoms with van der Waals surface area (Å²) < 4.78 is 18.1. The van der Waals surface area contributed by atoms with Crippen LogP contribution in [-0.4, -0.2) is 55.5 Å². The molecule has 2 saturated heterocycles. The van der Waals surface area contributed by atoms with Gasteiger partial charge < -0.3 is 19.3 Å². The fourth-order valence-corrected chi connectivity index (χ4v) is 7.88. The first-order valence-electron chi connectivity index (χ1n) is 10.0. The van der Waals surface area contributed by atoms with Crippen LogP contribution in [0.4, 0.5) is 0 Å². The zero-order valence-corrected chi connectivity index (χ0v) is 16.9. The molecule has 4 bridgehead atoms. The fourth-order valence-electron chi connectivity index (χ4n) is 7.88. The molecule has 0 amide bonds. The molecule has 152 valence electrons. The Hall–Kier alpha value is -1.34. The van der Waals surface area contributed by atoms with E-state index in [-0.39, 0.29) is 30.0 Å². The molecule has 0 unspecified atom stereocenters. The lowest BCUT2D eigenvalue weighted by molar-refractivity contribution is -0.440. The monoisotopic (exact) mass is 388 g/mol. The molecule has 2 spiro atoms. The van der Waals surface area contributed by atoms with Crippen LogP contribution < -0.4 is 0 Å². The number of carbonyl (C=O) groups is 2. The lowest BCUT2D eigenvalue weighted by Gasteiger charge is -2.73. The van der Waals surface area contributed by atoms with Gasteiger partial charge in [-0.1, -0.05) is 26.5 Å². The molecular weight excluding hydrogens is 360 g/mol. The summed E-state index contributed by atoms with van der Waals surface area (Å²) >= 11 is 0. The van der Waals surface area contributed by atoms with Gasteiger partial charge >= 0.3 is 0 Å². The molecule has 28 heavy (non-hydrogen) atoms. The van der Waals surface area contributed by atoms with E-state index in [0.717, 1.165) is 6.42 Å². The van der Waals surface area contributed by atoms with Crippen molar-refractivity contribution in [2.24, 2.45) is 34.0 Å². The standard InChI is InChI=1S/C22H28O6/c1-11-12-6-7-13-20-10-28-22(27-5,21(13,16(11)24)18(12)26-4)17(25)15(20)19(2,3)9-8-14(20)23/h8-9,12-13,15,17-18,25H,1,6-7,10H2,2-5H3/t12-,13-,15+,17-,18+,20+,21-,22-/m0/s1. The van der Waals surface area contributed by atoms with Crippen LogP contribution in [0, 0.1) is 34.0 Å². The van der Waals surface area contributed by atoms with Crippen LogP contribution in [0.25, 0.3) is 0 Å². The number of hydrogen-bond donors (Lipinski definition) is 1. The van der Waals surface area contributed by atoms with E-state index in [9.17, 15) is 14.7 Å². The van der Waals surface area contributed by atoms with Crippen molar-refractivity contribution in [1.82, 2.24) is 0 Å². The van der Waals surface area contributed by atoms with Gasteiger partial charge in [-0.3, -0.25) is 9.59 Å². The number of fused-ring (bicyclic) bond motifs is 2. The summed E-state index contributed by atoms with van der Waals surface area (Å²) in [6.45, 7) is 8.26. The molecule has 0 aromatic carbocycles. The maximum Gasteiger partial charge on any atom is 0.210 e. The minimum atomic E-state index is -1.55. The Kier molecular flexibility index (Phi) is 3.48. The van der Waals surface area contributed by atoms with Crippen molar-refractivity contribution in [2.75, 3.05) is 20.8 Å². The van der Waals surface area contributed by atoms with Crippen molar-refractivity contribution in [2.45, 2.75) is 44.7 Å². The van der Waals surface area contributed by atoms with Crippen molar-refractivity contribution in [1.29, 1.82) is 0 Å². The molecule has 1 N–H and O–H groups in total. The van der Waals surface area contributed by atoms with Crippen LogP contribution in [0.3, 0.4) is 0 Å². The van der Waals surface area contributed by atoms with Gasteiger partial charge in [-0.2, -0.15) is 0 Å². The highest BCUT2D eigenvalue weighted by molar-refractivity contribution is 6.07. The predicted molar refractivity (Wildman–Crippen MR) is 99.1 cm³/mol. The molecule has 0 aromatic heterocycles. The summed E-state index contributed by atoms with van der Waals surface area (Å²) in [4.78, 5) is 27.2. The molecule has 4 aliphatic carbocycles.